The van der Waals surface area contributed by atoms with Crippen molar-refractivity contribution in [3.05, 3.63) is 24.3 Å². The summed E-state index contributed by atoms with van der Waals surface area (Å²) in [6, 6.07) is 4.74. The highest BCUT2D eigenvalue weighted by Gasteiger charge is 2.30. The molecular formula is C21H25N7O. The standard InChI is InChI=1S/C21H25N7O/c22-9-7-13-1-5-15(6-2-13)28-18(12-25-20(27-29)14-3-4-14)26-17-11-24-21-16(19(17)28)8-10-23-21/h8,10-11,13-15,29H,1-7,12H2,(H,23,24)(H,25,27)/t13-,15-. The van der Waals surface area contributed by atoms with E-state index >= 15 is 0 Å². The number of nitrogens with zero attached hydrogens (tertiary/aromatic N) is 5. The van der Waals surface area contributed by atoms with Crippen molar-refractivity contribution in [1.29, 1.82) is 5.26 Å². The molecule has 8 nitrogen and oxygen atoms in total. The molecule has 0 unspecified atom stereocenters. The minimum absolute atomic E-state index is 0.345. The predicted molar refractivity (Wildman–Crippen MR) is 109 cm³/mol. The van der Waals surface area contributed by atoms with Crippen LogP contribution in [0.3, 0.4) is 0 Å². The summed E-state index contributed by atoms with van der Waals surface area (Å²) < 4.78 is 2.37. The van der Waals surface area contributed by atoms with E-state index in [2.05, 4.69) is 37.1 Å². The van der Waals surface area contributed by atoms with Crippen LogP contribution in [-0.2, 0) is 6.54 Å². The van der Waals surface area contributed by atoms with Crippen molar-refractivity contribution >= 4 is 27.9 Å². The number of fused-ring (bicyclic) bond motifs is 3. The van der Waals surface area contributed by atoms with Crippen molar-refractivity contribution in [1.82, 2.24) is 24.8 Å². The Balaban J connectivity index is 1.51. The van der Waals surface area contributed by atoms with Crippen LogP contribution in [0.15, 0.2) is 23.6 Å². The van der Waals surface area contributed by atoms with E-state index in [1.165, 1.54) is 0 Å². The first-order valence-electron chi connectivity index (χ1n) is 10.4. The summed E-state index contributed by atoms with van der Waals surface area (Å²) in [5.41, 5.74) is 2.87. The molecule has 3 aromatic heterocycles. The van der Waals surface area contributed by atoms with Crippen LogP contribution in [0, 0.1) is 23.2 Å². The second-order valence-corrected chi connectivity index (χ2v) is 8.28. The number of nitriles is 1. The molecule has 5 rings (SSSR count). The Labute approximate surface area is 168 Å². The Morgan fingerprint density at radius 3 is 2.86 bits per heavy atom. The molecule has 0 atom stereocenters. The van der Waals surface area contributed by atoms with Gasteiger partial charge in [0, 0.05) is 30.0 Å². The first-order valence-corrected chi connectivity index (χ1v) is 10.4. The number of rotatable bonds is 5. The number of imidazole rings is 1. The van der Waals surface area contributed by atoms with Gasteiger partial charge in [-0.2, -0.15) is 5.26 Å². The van der Waals surface area contributed by atoms with Crippen molar-refractivity contribution in [2.45, 2.75) is 57.5 Å². The Morgan fingerprint density at radius 1 is 1.31 bits per heavy atom. The molecule has 0 radical (unpaired) electrons. The van der Waals surface area contributed by atoms with Crippen LogP contribution in [0.1, 0.15) is 56.8 Å². The fourth-order valence-corrected chi connectivity index (χ4v) is 4.68. The average Bonchev–Trinajstić information content (AvgIpc) is 3.34. The number of aromatic amines is 1. The Bertz CT molecular complexity index is 1090. The molecule has 3 heterocycles. The zero-order valence-corrected chi connectivity index (χ0v) is 16.3. The van der Waals surface area contributed by atoms with Crippen molar-refractivity contribution in [2.24, 2.45) is 17.0 Å². The van der Waals surface area contributed by atoms with Crippen LogP contribution >= 0.6 is 0 Å². The molecule has 2 aliphatic rings. The maximum absolute atomic E-state index is 9.32. The average molecular weight is 391 g/mol. The minimum atomic E-state index is 0.345. The highest BCUT2D eigenvalue weighted by atomic mass is 16.4. The summed E-state index contributed by atoms with van der Waals surface area (Å²) in [5, 5.41) is 26.2. The molecule has 0 amide bonds. The molecule has 8 heteroatoms. The van der Waals surface area contributed by atoms with Gasteiger partial charge in [-0.05, 0) is 50.5 Å². The van der Waals surface area contributed by atoms with Gasteiger partial charge in [0.25, 0.3) is 0 Å². The van der Waals surface area contributed by atoms with Gasteiger partial charge >= 0.3 is 0 Å². The van der Waals surface area contributed by atoms with Gasteiger partial charge in [0.1, 0.15) is 22.8 Å². The Kier molecular flexibility index (Phi) is 4.58. The van der Waals surface area contributed by atoms with Crippen LogP contribution < -0.4 is 5.32 Å². The largest absolute Gasteiger partial charge is 0.409 e. The van der Waals surface area contributed by atoms with E-state index in [4.69, 9.17) is 10.2 Å². The van der Waals surface area contributed by atoms with Crippen LogP contribution in [-0.4, -0.2) is 30.6 Å². The number of H-pyrrole nitrogens is 1. The summed E-state index contributed by atoms with van der Waals surface area (Å²) in [7, 11) is 0. The molecule has 3 aromatic rings. The smallest absolute Gasteiger partial charge is 0.145 e. The van der Waals surface area contributed by atoms with Gasteiger partial charge in [0.15, 0.2) is 0 Å². The predicted octanol–water partition coefficient (Wildman–Crippen LogP) is 3.84. The van der Waals surface area contributed by atoms with Crippen LogP contribution in [0.5, 0.6) is 0 Å². The third-order valence-corrected chi connectivity index (χ3v) is 6.37. The number of oxime groups is 1. The van der Waals surface area contributed by atoms with Gasteiger partial charge in [-0.3, -0.25) is 0 Å². The number of amidine groups is 1. The third kappa shape index (κ3) is 3.31. The fraction of sp³-hybridized carbons (Fsp3) is 0.524. The third-order valence-electron chi connectivity index (χ3n) is 6.37. The van der Waals surface area contributed by atoms with Crippen molar-refractivity contribution in [3.63, 3.8) is 0 Å². The normalized spacial score (nSPS) is 22.8. The molecule has 29 heavy (non-hydrogen) atoms. The number of hydrogen-bond donors (Lipinski definition) is 3. The maximum atomic E-state index is 9.32. The van der Waals surface area contributed by atoms with Crippen molar-refractivity contribution < 1.29 is 5.21 Å². The van der Waals surface area contributed by atoms with E-state index in [1.54, 1.807) is 0 Å². The zero-order chi connectivity index (χ0) is 19.8. The molecular weight excluding hydrogens is 366 g/mol. The van der Waals surface area contributed by atoms with Crippen LogP contribution in [0.2, 0.25) is 0 Å². The van der Waals surface area contributed by atoms with Gasteiger partial charge in [0.2, 0.25) is 0 Å². The van der Waals surface area contributed by atoms with Crippen molar-refractivity contribution in [2.75, 3.05) is 0 Å². The quantitative estimate of drug-likeness (QED) is 0.264. The second kappa shape index (κ2) is 7.39. The summed E-state index contributed by atoms with van der Waals surface area (Å²) in [6.07, 6.45) is 10.8. The lowest BCUT2D eigenvalue weighted by Crippen LogP contribution is -2.28. The van der Waals surface area contributed by atoms with E-state index in [1.807, 2.05) is 12.4 Å². The van der Waals surface area contributed by atoms with Gasteiger partial charge < -0.3 is 20.1 Å². The second-order valence-electron chi connectivity index (χ2n) is 8.28. The molecule has 0 aromatic carbocycles. The molecule has 0 saturated heterocycles. The zero-order valence-electron chi connectivity index (χ0n) is 16.3. The number of nitrogens with one attached hydrogen (secondary N) is 2. The van der Waals surface area contributed by atoms with Gasteiger partial charge in [-0.1, -0.05) is 5.16 Å². The van der Waals surface area contributed by atoms with Crippen LogP contribution in [0.4, 0.5) is 0 Å². The summed E-state index contributed by atoms with van der Waals surface area (Å²) in [6.45, 7) is 0.522. The minimum Gasteiger partial charge on any atom is -0.409 e. The molecule has 2 saturated carbocycles. The number of aromatic nitrogens is 4. The maximum Gasteiger partial charge on any atom is 0.145 e. The Hall–Kier alpha value is -3.08. The lowest BCUT2D eigenvalue weighted by molar-refractivity contribution is 0.277. The molecule has 0 spiro atoms. The van der Waals surface area contributed by atoms with Gasteiger partial charge in [-0.25, -0.2) is 9.97 Å². The van der Waals surface area contributed by atoms with E-state index in [0.717, 1.165) is 66.4 Å². The highest BCUT2D eigenvalue weighted by molar-refractivity contribution is 6.01. The highest BCUT2D eigenvalue weighted by Crippen LogP contribution is 2.38. The fourth-order valence-electron chi connectivity index (χ4n) is 4.68. The van der Waals surface area contributed by atoms with Gasteiger partial charge in [-0.15, -0.1) is 0 Å². The van der Waals surface area contributed by atoms with E-state index in [-0.39, 0.29) is 0 Å². The molecule has 2 aliphatic carbocycles. The molecule has 150 valence electrons. The van der Waals surface area contributed by atoms with E-state index in [0.29, 0.717) is 36.7 Å². The lowest BCUT2D eigenvalue weighted by Gasteiger charge is -2.30. The van der Waals surface area contributed by atoms with Gasteiger partial charge in [0.05, 0.1) is 24.3 Å². The number of pyridine rings is 1. The monoisotopic (exact) mass is 391 g/mol. The summed E-state index contributed by atoms with van der Waals surface area (Å²) >= 11 is 0. The lowest BCUT2D eigenvalue weighted by atomic mass is 9.84. The molecule has 0 aliphatic heterocycles. The molecule has 0 bridgehead atoms. The van der Waals surface area contributed by atoms with E-state index < -0.39 is 0 Å². The molecule has 3 N–H and O–H groups in total. The summed E-state index contributed by atoms with van der Waals surface area (Å²) in [5.74, 6) is 2.45. The Morgan fingerprint density at radius 2 is 2.14 bits per heavy atom. The van der Waals surface area contributed by atoms with Crippen LogP contribution in [0.25, 0.3) is 22.1 Å². The topological polar surface area (TPSA) is 115 Å². The first-order chi connectivity index (χ1) is 14.3. The number of hydrogen-bond acceptors (Lipinski definition) is 5. The summed E-state index contributed by atoms with van der Waals surface area (Å²) in [4.78, 5) is 12.6. The van der Waals surface area contributed by atoms with Crippen molar-refractivity contribution in [3.8, 4) is 6.07 Å². The SMILES string of the molecule is N#CC[C@H]1CC[C@H](n2c(CN/C(=N\O)C3CC3)nc3cnc4[nH]ccc4c32)CC1. The van der Waals surface area contributed by atoms with E-state index in [9.17, 15) is 5.21 Å². The first kappa shape index (κ1) is 18.0. The molecule has 2 fully saturated rings.